The lowest BCUT2D eigenvalue weighted by Gasteiger charge is -2.22. The highest BCUT2D eigenvalue weighted by atomic mass is 32.2. The summed E-state index contributed by atoms with van der Waals surface area (Å²) in [5, 5.41) is -0.775. The molecule has 19 heavy (non-hydrogen) atoms. The number of likely N-dealkylation sites (N-methyl/N-ethyl adjacent to an activating group) is 1. The van der Waals surface area contributed by atoms with E-state index in [-0.39, 0.29) is 4.99 Å². The Morgan fingerprint density at radius 1 is 1.37 bits per heavy atom. The van der Waals surface area contributed by atoms with Crippen LogP contribution in [0.3, 0.4) is 0 Å². The summed E-state index contributed by atoms with van der Waals surface area (Å²) in [6.45, 7) is 2.19. The molecule has 0 bridgehead atoms. The maximum atomic E-state index is 12.3. The smallest absolute Gasteiger partial charge is 0.223 e. The lowest BCUT2D eigenvalue weighted by atomic mass is 10.2. The Labute approximate surface area is 120 Å². The summed E-state index contributed by atoms with van der Waals surface area (Å²) in [6.07, 6.45) is 1.07. The molecule has 0 aliphatic rings. The number of sulfonamides is 1. The Morgan fingerprint density at radius 3 is 2.42 bits per heavy atom. The summed E-state index contributed by atoms with van der Waals surface area (Å²) >= 11 is 4.83. The first kappa shape index (κ1) is 16.1. The van der Waals surface area contributed by atoms with Crippen molar-refractivity contribution in [2.45, 2.75) is 25.0 Å². The molecule has 1 atom stereocenters. The van der Waals surface area contributed by atoms with Gasteiger partial charge in [-0.3, -0.25) is 0 Å². The molecule has 0 fully saturated rings. The van der Waals surface area contributed by atoms with Crippen molar-refractivity contribution >= 4 is 27.2 Å². The molecule has 106 valence electrons. The second-order valence-corrected chi connectivity index (χ2v) is 7.10. The molecule has 6 heteroatoms. The number of benzene rings is 1. The monoisotopic (exact) mass is 300 g/mol. The predicted octanol–water partition coefficient (Wildman–Crippen LogP) is 1.56. The average Bonchev–Trinajstić information content (AvgIpc) is 2.37. The zero-order chi connectivity index (χ0) is 14.5. The van der Waals surface area contributed by atoms with Crippen molar-refractivity contribution in [3.05, 3.63) is 35.9 Å². The average molecular weight is 300 g/mol. The summed E-state index contributed by atoms with van der Waals surface area (Å²) in [7, 11) is -1.88. The van der Waals surface area contributed by atoms with Crippen molar-refractivity contribution in [3.8, 4) is 0 Å². The molecular weight excluding hydrogens is 280 g/mol. The van der Waals surface area contributed by atoms with Crippen molar-refractivity contribution < 1.29 is 8.42 Å². The number of thiocarbonyl (C=S) groups is 1. The fourth-order valence-corrected chi connectivity index (χ4v) is 3.86. The number of hydrogen-bond donors (Lipinski definition) is 1. The van der Waals surface area contributed by atoms with Crippen LogP contribution in [0.2, 0.25) is 0 Å². The SMILES string of the molecule is CCC(C(N)=S)S(=O)(=O)N(C)CCc1ccccc1. The maximum Gasteiger partial charge on any atom is 0.223 e. The molecule has 1 unspecified atom stereocenters. The van der Waals surface area contributed by atoms with Gasteiger partial charge in [0.1, 0.15) is 5.25 Å². The minimum Gasteiger partial charge on any atom is -0.392 e. The van der Waals surface area contributed by atoms with Crippen LogP contribution in [0.4, 0.5) is 0 Å². The number of hydrogen-bond acceptors (Lipinski definition) is 3. The van der Waals surface area contributed by atoms with Gasteiger partial charge in [-0.05, 0) is 18.4 Å². The van der Waals surface area contributed by atoms with Crippen molar-refractivity contribution in [1.29, 1.82) is 0 Å². The van der Waals surface area contributed by atoms with Gasteiger partial charge >= 0.3 is 0 Å². The molecule has 2 N–H and O–H groups in total. The molecule has 0 radical (unpaired) electrons. The molecule has 4 nitrogen and oxygen atoms in total. The van der Waals surface area contributed by atoms with E-state index in [1.54, 1.807) is 14.0 Å². The van der Waals surface area contributed by atoms with Crippen LogP contribution in [0.1, 0.15) is 18.9 Å². The summed E-state index contributed by atoms with van der Waals surface area (Å²) in [5.41, 5.74) is 6.61. The van der Waals surface area contributed by atoms with E-state index in [2.05, 4.69) is 0 Å². The predicted molar refractivity (Wildman–Crippen MR) is 82.6 cm³/mol. The Bertz CT molecular complexity index is 515. The number of rotatable bonds is 7. The van der Waals surface area contributed by atoms with Crippen LogP contribution < -0.4 is 5.73 Å². The Balaban J connectivity index is 2.71. The molecule has 1 aromatic carbocycles. The standard InChI is InChI=1S/C13H20N2O2S2/c1-3-12(13(14)18)19(16,17)15(2)10-9-11-7-5-4-6-8-11/h4-8,12H,3,9-10H2,1-2H3,(H2,14,18). The van der Waals surface area contributed by atoms with Crippen molar-refractivity contribution in [2.75, 3.05) is 13.6 Å². The van der Waals surface area contributed by atoms with Crippen LogP contribution in [0.25, 0.3) is 0 Å². The second kappa shape index (κ2) is 6.98. The van der Waals surface area contributed by atoms with Crippen LogP contribution in [0.5, 0.6) is 0 Å². The molecule has 0 amide bonds. The van der Waals surface area contributed by atoms with Gasteiger partial charge in [-0.25, -0.2) is 12.7 Å². The highest BCUT2D eigenvalue weighted by Crippen LogP contribution is 2.12. The Kier molecular flexibility index (Phi) is 5.90. The maximum absolute atomic E-state index is 12.3. The van der Waals surface area contributed by atoms with Gasteiger partial charge < -0.3 is 5.73 Å². The second-order valence-electron chi connectivity index (χ2n) is 4.40. The first-order valence-electron chi connectivity index (χ1n) is 6.18. The van der Waals surface area contributed by atoms with Gasteiger partial charge in [0, 0.05) is 13.6 Å². The zero-order valence-corrected chi connectivity index (χ0v) is 12.9. The fourth-order valence-electron chi connectivity index (χ4n) is 1.83. The summed E-state index contributed by atoms with van der Waals surface area (Å²) in [4.78, 5) is 0.0362. The van der Waals surface area contributed by atoms with Gasteiger partial charge in [-0.1, -0.05) is 49.5 Å². The van der Waals surface area contributed by atoms with Gasteiger partial charge in [-0.15, -0.1) is 0 Å². The van der Waals surface area contributed by atoms with Crippen LogP contribution in [-0.4, -0.2) is 36.6 Å². The quantitative estimate of drug-likeness (QED) is 0.776. The zero-order valence-electron chi connectivity index (χ0n) is 11.2. The van der Waals surface area contributed by atoms with Gasteiger partial charge in [-0.2, -0.15) is 0 Å². The van der Waals surface area contributed by atoms with Crippen LogP contribution in [-0.2, 0) is 16.4 Å². The largest absolute Gasteiger partial charge is 0.392 e. The van der Waals surface area contributed by atoms with Crippen LogP contribution >= 0.6 is 12.2 Å². The summed E-state index contributed by atoms with van der Waals surface area (Å²) < 4.78 is 25.9. The van der Waals surface area contributed by atoms with Crippen LogP contribution in [0, 0.1) is 0 Å². The fraction of sp³-hybridized carbons (Fsp3) is 0.462. The molecule has 0 spiro atoms. The number of nitrogens with two attached hydrogens (primary N) is 1. The summed E-state index contributed by atoms with van der Waals surface area (Å²) in [5.74, 6) is 0. The van der Waals surface area contributed by atoms with Crippen LogP contribution in [0.15, 0.2) is 30.3 Å². The van der Waals surface area contributed by atoms with Gasteiger partial charge in [0.15, 0.2) is 0 Å². The molecule has 1 aromatic rings. The minimum atomic E-state index is -3.45. The molecule has 1 rings (SSSR count). The van der Waals surface area contributed by atoms with E-state index in [1.807, 2.05) is 30.3 Å². The molecule has 0 aromatic heterocycles. The third-order valence-electron chi connectivity index (χ3n) is 3.04. The van der Waals surface area contributed by atoms with Gasteiger partial charge in [0.2, 0.25) is 10.0 Å². The van der Waals surface area contributed by atoms with Gasteiger partial charge in [0.25, 0.3) is 0 Å². The van der Waals surface area contributed by atoms with Crippen molar-refractivity contribution in [1.82, 2.24) is 4.31 Å². The third kappa shape index (κ3) is 4.26. The van der Waals surface area contributed by atoms with Crippen molar-refractivity contribution in [2.24, 2.45) is 5.73 Å². The highest BCUT2D eigenvalue weighted by Gasteiger charge is 2.30. The van der Waals surface area contributed by atoms with Crippen molar-refractivity contribution in [3.63, 3.8) is 0 Å². The first-order valence-corrected chi connectivity index (χ1v) is 8.09. The van der Waals surface area contributed by atoms with E-state index >= 15 is 0 Å². The van der Waals surface area contributed by atoms with E-state index in [0.717, 1.165) is 5.56 Å². The topological polar surface area (TPSA) is 63.4 Å². The number of nitrogens with zero attached hydrogens (tertiary/aromatic N) is 1. The minimum absolute atomic E-state index is 0.0362. The lowest BCUT2D eigenvalue weighted by molar-refractivity contribution is 0.467. The van der Waals surface area contributed by atoms with E-state index < -0.39 is 15.3 Å². The Morgan fingerprint density at radius 2 is 1.95 bits per heavy atom. The molecule has 0 saturated carbocycles. The van der Waals surface area contributed by atoms with E-state index in [1.165, 1.54) is 4.31 Å². The lowest BCUT2D eigenvalue weighted by Crippen LogP contribution is -2.43. The highest BCUT2D eigenvalue weighted by molar-refractivity contribution is 7.92. The summed E-state index contributed by atoms with van der Waals surface area (Å²) in [6, 6.07) is 9.77. The molecular formula is C13H20N2O2S2. The van der Waals surface area contributed by atoms with E-state index in [0.29, 0.717) is 19.4 Å². The molecule has 0 aliphatic carbocycles. The first-order chi connectivity index (χ1) is 8.89. The molecule has 0 aliphatic heterocycles. The normalized spacial score (nSPS) is 13.4. The Hall–Kier alpha value is -0.980. The van der Waals surface area contributed by atoms with Gasteiger partial charge in [0.05, 0.1) is 4.99 Å². The van der Waals surface area contributed by atoms with E-state index in [4.69, 9.17) is 18.0 Å². The van der Waals surface area contributed by atoms with E-state index in [9.17, 15) is 8.42 Å². The molecule has 0 saturated heterocycles. The third-order valence-corrected chi connectivity index (χ3v) is 5.83. The molecule has 0 heterocycles.